The third kappa shape index (κ3) is 4.09. The molecule has 3 aliphatic rings. The van der Waals surface area contributed by atoms with Gasteiger partial charge < -0.3 is 19.3 Å². The van der Waals surface area contributed by atoms with Gasteiger partial charge in [-0.2, -0.15) is 5.26 Å². The average Bonchev–Trinajstić information content (AvgIpc) is 3.02. The van der Waals surface area contributed by atoms with Gasteiger partial charge in [0.1, 0.15) is 24.2 Å². The number of aromatic nitrogens is 2. The Morgan fingerprint density at radius 1 is 1.26 bits per heavy atom. The van der Waals surface area contributed by atoms with Crippen LogP contribution in [0.5, 0.6) is 5.75 Å². The van der Waals surface area contributed by atoms with Crippen LogP contribution in [0.2, 0.25) is 0 Å². The van der Waals surface area contributed by atoms with E-state index in [2.05, 4.69) is 27.9 Å². The average molecular weight is 462 g/mol. The van der Waals surface area contributed by atoms with E-state index >= 15 is 0 Å². The van der Waals surface area contributed by atoms with Gasteiger partial charge in [0.25, 0.3) is 0 Å². The molecule has 1 saturated carbocycles. The Bertz CT molecular complexity index is 1080. The Morgan fingerprint density at radius 2 is 2.12 bits per heavy atom. The van der Waals surface area contributed by atoms with Crippen LogP contribution < -0.4 is 9.64 Å². The molecule has 8 nitrogen and oxygen atoms in total. The minimum absolute atomic E-state index is 0.0386. The summed E-state index contributed by atoms with van der Waals surface area (Å²) in [6, 6.07) is 8.29. The highest BCUT2D eigenvalue weighted by Crippen LogP contribution is 2.45. The molecule has 5 rings (SSSR count). The number of rotatable bonds is 7. The van der Waals surface area contributed by atoms with Gasteiger partial charge in [-0.3, -0.25) is 9.78 Å². The molecule has 8 heteroatoms. The number of amides is 1. The van der Waals surface area contributed by atoms with Crippen LogP contribution in [0.1, 0.15) is 50.7 Å². The summed E-state index contributed by atoms with van der Waals surface area (Å²) in [5.41, 5.74) is 1.10. The second-order valence-electron chi connectivity index (χ2n) is 9.64. The number of nitriles is 1. The Balaban J connectivity index is 1.25. The Morgan fingerprint density at radius 3 is 2.76 bits per heavy atom. The molecule has 34 heavy (non-hydrogen) atoms. The summed E-state index contributed by atoms with van der Waals surface area (Å²) in [4.78, 5) is 26.4. The molecule has 178 valence electrons. The van der Waals surface area contributed by atoms with Crippen LogP contribution in [0.3, 0.4) is 0 Å². The van der Waals surface area contributed by atoms with Crippen molar-refractivity contribution in [1.29, 1.82) is 5.26 Å². The summed E-state index contributed by atoms with van der Waals surface area (Å²) in [6.45, 7) is 6.18. The highest BCUT2D eigenvalue weighted by atomic mass is 16.5. The molecule has 2 aromatic rings. The fourth-order valence-electron chi connectivity index (χ4n) is 5.61. The lowest BCUT2D eigenvalue weighted by Crippen LogP contribution is -2.57. The van der Waals surface area contributed by atoms with Gasteiger partial charge in [0.05, 0.1) is 30.0 Å². The number of piperazine rings is 1. The van der Waals surface area contributed by atoms with Gasteiger partial charge in [-0.15, -0.1) is 0 Å². The van der Waals surface area contributed by atoms with Crippen LogP contribution >= 0.6 is 0 Å². The summed E-state index contributed by atoms with van der Waals surface area (Å²) in [5.74, 6) is 2.12. The molecule has 0 N–H and O–H groups in total. The van der Waals surface area contributed by atoms with Gasteiger partial charge >= 0.3 is 0 Å². The van der Waals surface area contributed by atoms with E-state index in [1.165, 1.54) is 0 Å². The van der Waals surface area contributed by atoms with Crippen LogP contribution in [0.25, 0.3) is 0 Å². The zero-order chi connectivity index (χ0) is 23.7. The van der Waals surface area contributed by atoms with E-state index in [9.17, 15) is 4.79 Å². The van der Waals surface area contributed by atoms with E-state index in [1.807, 2.05) is 36.2 Å². The number of carbonyl (C=O) groups is 1. The first kappa shape index (κ1) is 22.6. The summed E-state index contributed by atoms with van der Waals surface area (Å²) in [6.07, 6.45) is 9.04. The minimum Gasteiger partial charge on any atom is -0.492 e. The standard InChI is InChI=1S/C26H31N5O3/c1-3-33-22-10-20(13-28-14-22)26(7-4-8-26)34-17-25(32)30-15-21-9-18(2)23(16-30)31(21)24-6-5-19(11-27)12-29-24/h5-6,10,12-14,18,21,23H,3-4,7-9,15-17H2,1-2H3/t18-,21?,23?/m0/s1. The van der Waals surface area contributed by atoms with E-state index in [0.29, 0.717) is 31.2 Å². The molecule has 2 aromatic heterocycles. The van der Waals surface area contributed by atoms with Crippen molar-refractivity contribution in [3.63, 3.8) is 0 Å². The first-order chi connectivity index (χ1) is 16.5. The molecule has 3 fully saturated rings. The maximum absolute atomic E-state index is 13.2. The van der Waals surface area contributed by atoms with E-state index in [-0.39, 0.29) is 24.6 Å². The number of nitrogens with zero attached hydrogens (tertiary/aromatic N) is 5. The van der Waals surface area contributed by atoms with Gasteiger partial charge in [0.15, 0.2) is 0 Å². The molecule has 2 unspecified atom stereocenters. The van der Waals surface area contributed by atoms with Crippen molar-refractivity contribution < 1.29 is 14.3 Å². The van der Waals surface area contributed by atoms with E-state index < -0.39 is 5.60 Å². The van der Waals surface area contributed by atoms with Crippen molar-refractivity contribution >= 4 is 11.7 Å². The first-order valence-corrected chi connectivity index (χ1v) is 12.2. The number of likely N-dealkylation sites (tertiary alicyclic amines) is 1. The number of anilines is 1. The normalized spacial score (nSPS) is 24.9. The highest BCUT2D eigenvalue weighted by molar-refractivity contribution is 5.78. The van der Waals surface area contributed by atoms with Gasteiger partial charge in [-0.25, -0.2) is 4.98 Å². The van der Waals surface area contributed by atoms with Gasteiger partial charge in [0.2, 0.25) is 5.91 Å². The van der Waals surface area contributed by atoms with Crippen molar-refractivity contribution in [3.05, 3.63) is 47.9 Å². The number of pyridine rings is 2. The first-order valence-electron chi connectivity index (χ1n) is 12.2. The number of fused-ring (bicyclic) bond motifs is 2. The maximum Gasteiger partial charge on any atom is 0.248 e. The molecular weight excluding hydrogens is 430 g/mol. The lowest BCUT2D eigenvalue weighted by molar-refractivity contribution is -0.154. The monoisotopic (exact) mass is 461 g/mol. The minimum atomic E-state index is -0.448. The SMILES string of the molecule is CCOc1cncc(C2(OCC(=O)N3CC4C[C@H](C)C(C3)N4c3ccc(C#N)cn3)CCC2)c1. The number of carbonyl (C=O) groups excluding carboxylic acids is 1. The van der Waals surface area contributed by atoms with E-state index in [1.54, 1.807) is 12.4 Å². The van der Waals surface area contributed by atoms with Gasteiger partial charge in [0, 0.05) is 37.1 Å². The third-order valence-electron chi connectivity index (χ3n) is 7.57. The second kappa shape index (κ2) is 9.22. The molecular formula is C26H31N5O3. The predicted molar refractivity (Wildman–Crippen MR) is 126 cm³/mol. The molecule has 0 spiro atoms. The summed E-state index contributed by atoms with van der Waals surface area (Å²) < 4.78 is 11.9. The van der Waals surface area contributed by atoms with E-state index in [4.69, 9.17) is 14.7 Å². The van der Waals surface area contributed by atoms with Crippen molar-refractivity contribution in [1.82, 2.24) is 14.9 Å². The second-order valence-corrected chi connectivity index (χ2v) is 9.64. The van der Waals surface area contributed by atoms with Gasteiger partial charge in [-0.05, 0) is 56.7 Å². The molecule has 2 saturated heterocycles. The fourth-order valence-corrected chi connectivity index (χ4v) is 5.61. The van der Waals surface area contributed by atoms with E-state index in [0.717, 1.165) is 42.8 Å². The topological polar surface area (TPSA) is 91.6 Å². The molecule has 0 radical (unpaired) electrons. The lowest BCUT2D eigenvalue weighted by atomic mass is 9.75. The Hall–Kier alpha value is -3.18. The van der Waals surface area contributed by atoms with Gasteiger partial charge in [-0.1, -0.05) is 6.92 Å². The van der Waals surface area contributed by atoms with Crippen LogP contribution in [-0.2, 0) is 15.1 Å². The zero-order valence-corrected chi connectivity index (χ0v) is 19.8. The zero-order valence-electron chi connectivity index (χ0n) is 19.8. The smallest absolute Gasteiger partial charge is 0.248 e. The lowest BCUT2D eigenvalue weighted by Gasteiger charge is -2.44. The Labute approximate surface area is 200 Å². The molecule has 3 atom stereocenters. The summed E-state index contributed by atoms with van der Waals surface area (Å²) >= 11 is 0. The Kier molecular flexibility index (Phi) is 6.13. The number of hydrogen-bond donors (Lipinski definition) is 0. The van der Waals surface area contributed by atoms with Crippen LogP contribution in [0.15, 0.2) is 36.8 Å². The van der Waals surface area contributed by atoms with Crippen molar-refractivity contribution in [2.75, 3.05) is 31.2 Å². The maximum atomic E-state index is 13.2. The summed E-state index contributed by atoms with van der Waals surface area (Å²) in [5, 5.41) is 9.06. The van der Waals surface area contributed by atoms with Crippen molar-refractivity contribution in [2.45, 2.75) is 57.2 Å². The van der Waals surface area contributed by atoms with Crippen molar-refractivity contribution in [3.8, 4) is 11.8 Å². The molecule has 4 heterocycles. The highest BCUT2D eigenvalue weighted by Gasteiger charge is 2.47. The quantitative estimate of drug-likeness (QED) is 0.625. The molecule has 1 amide bonds. The molecule has 0 aromatic carbocycles. The number of ether oxygens (including phenoxy) is 2. The van der Waals surface area contributed by atoms with Crippen molar-refractivity contribution in [2.24, 2.45) is 5.92 Å². The van der Waals surface area contributed by atoms with Crippen LogP contribution in [0, 0.1) is 17.2 Å². The summed E-state index contributed by atoms with van der Waals surface area (Å²) in [7, 11) is 0. The van der Waals surface area contributed by atoms with Crippen LogP contribution in [-0.4, -0.2) is 59.2 Å². The fraction of sp³-hybridized carbons (Fsp3) is 0.538. The predicted octanol–water partition coefficient (Wildman–Crippen LogP) is 3.27. The molecule has 2 bridgehead atoms. The van der Waals surface area contributed by atoms with Crippen LogP contribution in [0.4, 0.5) is 5.82 Å². The third-order valence-corrected chi connectivity index (χ3v) is 7.57. The molecule has 2 aliphatic heterocycles. The largest absolute Gasteiger partial charge is 0.492 e. The number of hydrogen-bond acceptors (Lipinski definition) is 7. The molecule has 1 aliphatic carbocycles.